The molecule has 1 aliphatic heterocycles. The first-order valence-electron chi connectivity index (χ1n) is 6.67. The average Bonchev–Trinajstić information content (AvgIpc) is 2.79. The lowest BCUT2D eigenvalue weighted by atomic mass is 10.0. The lowest BCUT2D eigenvalue weighted by Gasteiger charge is -2.32. The summed E-state index contributed by atoms with van der Waals surface area (Å²) in [6, 6.07) is 0.662. The maximum Gasteiger partial charge on any atom is 0.225 e. The Hall–Kier alpha value is -0.940. The van der Waals surface area contributed by atoms with E-state index in [2.05, 4.69) is 22.1 Å². The molecule has 18 heavy (non-hydrogen) atoms. The molecule has 4 nitrogen and oxygen atoms in total. The summed E-state index contributed by atoms with van der Waals surface area (Å²) in [6.07, 6.45) is 6.31. The van der Waals surface area contributed by atoms with Crippen molar-refractivity contribution in [1.29, 1.82) is 0 Å². The third kappa shape index (κ3) is 3.53. The molecule has 1 unspecified atom stereocenters. The van der Waals surface area contributed by atoms with E-state index in [0.717, 1.165) is 11.7 Å². The van der Waals surface area contributed by atoms with Gasteiger partial charge in [0.05, 0.1) is 0 Å². The third-order valence-electron chi connectivity index (χ3n) is 3.42. The molecule has 0 radical (unpaired) electrons. The molecule has 1 fully saturated rings. The van der Waals surface area contributed by atoms with E-state index in [9.17, 15) is 4.79 Å². The van der Waals surface area contributed by atoms with E-state index in [0.29, 0.717) is 12.5 Å². The molecule has 5 heteroatoms. The lowest BCUT2D eigenvalue weighted by Crippen LogP contribution is -2.36. The Balaban J connectivity index is 1.91. The number of likely N-dealkylation sites (tertiary alicyclic amines) is 1. The van der Waals surface area contributed by atoms with E-state index in [1.54, 1.807) is 11.3 Å². The number of nitrogens with one attached hydrogen (secondary N) is 1. The fraction of sp³-hybridized carbons (Fsp3) is 0.692. The zero-order valence-corrected chi connectivity index (χ0v) is 11.9. The van der Waals surface area contributed by atoms with E-state index in [4.69, 9.17) is 0 Å². The Kier molecular flexibility index (Phi) is 4.72. The standard InChI is InChI=1S/C13H21N3OS/c1-3-12(17)15-13-14-8-11(18-13)9-16-7-5-4-6-10(16)2/h8,10H,3-7,9H2,1-2H3,(H,14,15,17). The molecule has 1 aliphatic rings. The van der Waals surface area contributed by atoms with Crippen molar-refractivity contribution >= 4 is 22.4 Å². The summed E-state index contributed by atoms with van der Waals surface area (Å²) in [6.45, 7) is 6.27. The Morgan fingerprint density at radius 2 is 2.44 bits per heavy atom. The second-order valence-corrected chi connectivity index (χ2v) is 5.96. The Bertz CT molecular complexity index is 405. The molecular formula is C13H21N3OS. The molecule has 1 N–H and O–H groups in total. The fourth-order valence-corrected chi connectivity index (χ4v) is 3.09. The van der Waals surface area contributed by atoms with Gasteiger partial charge in [0.15, 0.2) is 5.13 Å². The molecule has 0 spiro atoms. The lowest BCUT2D eigenvalue weighted by molar-refractivity contribution is -0.115. The first kappa shape index (κ1) is 13.5. The van der Waals surface area contributed by atoms with Crippen LogP contribution in [0, 0.1) is 0 Å². The van der Waals surface area contributed by atoms with Crippen molar-refractivity contribution in [2.75, 3.05) is 11.9 Å². The highest BCUT2D eigenvalue weighted by Gasteiger charge is 2.19. The summed E-state index contributed by atoms with van der Waals surface area (Å²) in [5, 5.41) is 3.53. The minimum atomic E-state index is 0.0299. The molecule has 1 amide bonds. The van der Waals surface area contributed by atoms with Gasteiger partial charge in [-0.25, -0.2) is 4.98 Å². The van der Waals surface area contributed by atoms with E-state index < -0.39 is 0 Å². The van der Waals surface area contributed by atoms with Crippen LogP contribution in [0.4, 0.5) is 5.13 Å². The van der Waals surface area contributed by atoms with Crippen LogP contribution in [-0.4, -0.2) is 28.4 Å². The minimum absolute atomic E-state index is 0.0299. The van der Waals surface area contributed by atoms with Crippen LogP contribution in [0.5, 0.6) is 0 Å². The van der Waals surface area contributed by atoms with Crippen molar-refractivity contribution < 1.29 is 4.79 Å². The van der Waals surface area contributed by atoms with Crippen LogP contribution in [0.15, 0.2) is 6.20 Å². The highest BCUT2D eigenvalue weighted by molar-refractivity contribution is 7.15. The molecular weight excluding hydrogens is 246 g/mol. The topological polar surface area (TPSA) is 45.2 Å². The summed E-state index contributed by atoms with van der Waals surface area (Å²) < 4.78 is 0. The van der Waals surface area contributed by atoms with E-state index in [1.165, 1.54) is 30.7 Å². The van der Waals surface area contributed by atoms with Crippen LogP contribution >= 0.6 is 11.3 Å². The van der Waals surface area contributed by atoms with Crippen molar-refractivity contribution in [2.24, 2.45) is 0 Å². The Morgan fingerprint density at radius 3 is 3.17 bits per heavy atom. The quantitative estimate of drug-likeness (QED) is 0.912. The number of nitrogens with zero attached hydrogens (tertiary/aromatic N) is 2. The molecule has 1 aromatic heterocycles. The molecule has 1 aromatic rings. The van der Waals surface area contributed by atoms with Crippen molar-refractivity contribution in [3.8, 4) is 0 Å². The van der Waals surface area contributed by atoms with E-state index >= 15 is 0 Å². The molecule has 100 valence electrons. The molecule has 0 saturated carbocycles. The van der Waals surface area contributed by atoms with Gasteiger partial charge in [-0.1, -0.05) is 13.3 Å². The van der Waals surface area contributed by atoms with Crippen LogP contribution in [0.2, 0.25) is 0 Å². The van der Waals surface area contributed by atoms with Gasteiger partial charge < -0.3 is 5.32 Å². The highest BCUT2D eigenvalue weighted by atomic mass is 32.1. The maximum atomic E-state index is 11.3. The van der Waals surface area contributed by atoms with Crippen molar-refractivity contribution in [3.63, 3.8) is 0 Å². The first-order chi connectivity index (χ1) is 8.69. The molecule has 1 saturated heterocycles. The van der Waals surface area contributed by atoms with Gasteiger partial charge in [0.25, 0.3) is 0 Å². The SMILES string of the molecule is CCC(=O)Nc1ncc(CN2CCCCC2C)s1. The van der Waals surface area contributed by atoms with Crippen LogP contribution < -0.4 is 5.32 Å². The Morgan fingerprint density at radius 1 is 1.61 bits per heavy atom. The van der Waals surface area contributed by atoms with E-state index in [-0.39, 0.29) is 5.91 Å². The van der Waals surface area contributed by atoms with Gasteiger partial charge in [-0.3, -0.25) is 9.69 Å². The van der Waals surface area contributed by atoms with E-state index in [1.807, 2.05) is 13.1 Å². The number of amides is 1. The summed E-state index contributed by atoms with van der Waals surface area (Å²) in [5.41, 5.74) is 0. The number of hydrogen-bond acceptors (Lipinski definition) is 4. The smallest absolute Gasteiger partial charge is 0.225 e. The molecule has 2 rings (SSSR count). The zero-order chi connectivity index (χ0) is 13.0. The van der Waals surface area contributed by atoms with Crippen molar-refractivity contribution in [2.45, 2.75) is 52.1 Å². The van der Waals surface area contributed by atoms with Gasteiger partial charge in [0.1, 0.15) is 0 Å². The van der Waals surface area contributed by atoms with Gasteiger partial charge in [-0.15, -0.1) is 11.3 Å². The zero-order valence-electron chi connectivity index (χ0n) is 11.1. The van der Waals surface area contributed by atoms with Crippen LogP contribution in [0.25, 0.3) is 0 Å². The molecule has 1 atom stereocenters. The summed E-state index contributed by atoms with van der Waals surface area (Å²) in [7, 11) is 0. The summed E-state index contributed by atoms with van der Waals surface area (Å²) in [5.74, 6) is 0.0299. The fourth-order valence-electron chi connectivity index (χ4n) is 2.24. The largest absolute Gasteiger partial charge is 0.302 e. The molecule has 2 heterocycles. The highest BCUT2D eigenvalue weighted by Crippen LogP contribution is 2.24. The number of rotatable bonds is 4. The number of piperidine rings is 1. The van der Waals surface area contributed by atoms with Gasteiger partial charge in [0.2, 0.25) is 5.91 Å². The second-order valence-electron chi connectivity index (χ2n) is 4.85. The first-order valence-corrected chi connectivity index (χ1v) is 7.49. The molecule has 0 aliphatic carbocycles. The number of anilines is 1. The number of carbonyl (C=O) groups excluding carboxylic acids is 1. The van der Waals surface area contributed by atoms with Crippen molar-refractivity contribution in [1.82, 2.24) is 9.88 Å². The normalized spacial score (nSPS) is 20.9. The minimum Gasteiger partial charge on any atom is -0.302 e. The maximum absolute atomic E-state index is 11.3. The van der Waals surface area contributed by atoms with Crippen molar-refractivity contribution in [3.05, 3.63) is 11.1 Å². The molecule has 0 aromatic carbocycles. The summed E-state index contributed by atoms with van der Waals surface area (Å²) >= 11 is 1.59. The third-order valence-corrected chi connectivity index (χ3v) is 4.32. The number of thiazole rings is 1. The Labute approximate surface area is 112 Å². The van der Waals surface area contributed by atoms with Crippen LogP contribution in [0.1, 0.15) is 44.4 Å². The van der Waals surface area contributed by atoms with Gasteiger partial charge in [-0.2, -0.15) is 0 Å². The monoisotopic (exact) mass is 267 g/mol. The van der Waals surface area contributed by atoms with Gasteiger partial charge in [-0.05, 0) is 26.3 Å². The summed E-state index contributed by atoms with van der Waals surface area (Å²) in [4.78, 5) is 19.3. The van der Waals surface area contributed by atoms with Gasteiger partial charge >= 0.3 is 0 Å². The van der Waals surface area contributed by atoms with Crippen LogP contribution in [-0.2, 0) is 11.3 Å². The predicted molar refractivity (Wildman–Crippen MR) is 74.8 cm³/mol. The second kappa shape index (κ2) is 6.29. The number of carbonyl (C=O) groups is 1. The predicted octanol–water partition coefficient (Wildman–Crippen LogP) is 2.87. The average molecular weight is 267 g/mol. The van der Waals surface area contributed by atoms with Gasteiger partial charge in [0, 0.05) is 30.1 Å². The molecule has 0 bridgehead atoms. The van der Waals surface area contributed by atoms with Crippen LogP contribution in [0.3, 0.4) is 0 Å². The number of hydrogen-bond donors (Lipinski definition) is 1. The number of aromatic nitrogens is 1.